The first-order valence-corrected chi connectivity index (χ1v) is 7.54. The second-order valence-electron chi connectivity index (χ2n) is 6.01. The Hall–Kier alpha value is -1.10. The summed E-state index contributed by atoms with van der Waals surface area (Å²) >= 11 is 0. The van der Waals surface area contributed by atoms with E-state index in [9.17, 15) is 0 Å². The van der Waals surface area contributed by atoms with Gasteiger partial charge in [0, 0.05) is 38.3 Å². The van der Waals surface area contributed by atoms with Crippen LogP contribution in [0.15, 0.2) is 18.2 Å². The summed E-state index contributed by atoms with van der Waals surface area (Å²) in [5.41, 5.74) is 8.94. The highest BCUT2D eigenvalue weighted by atomic mass is 16.5. The van der Waals surface area contributed by atoms with Crippen molar-refractivity contribution in [1.29, 1.82) is 0 Å². The predicted molar refractivity (Wildman–Crippen MR) is 81.1 cm³/mol. The normalized spacial score (nSPS) is 27.6. The van der Waals surface area contributed by atoms with Crippen molar-refractivity contribution in [3.05, 3.63) is 29.3 Å². The van der Waals surface area contributed by atoms with E-state index >= 15 is 0 Å². The van der Waals surface area contributed by atoms with Crippen molar-refractivity contribution in [3.8, 4) is 5.75 Å². The summed E-state index contributed by atoms with van der Waals surface area (Å²) < 4.78 is 5.39. The molecule has 0 spiro atoms. The lowest BCUT2D eigenvalue weighted by molar-refractivity contribution is 0.0559. The van der Waals surface area contributed by atoms with Crippen molar-refractivity contribution in [2.75, 3.05) is 40.3 Å². The number of likely N-dealkylation sites (N-methyl/N-ethyl adjacent to an activating group) is 1. The largest absolute Gasteiger partial charge is 0.497 e. The second-order valence-corrected chi connectivity index (χ2v) is 6.01. The van der Waals surface area contributed by atoms with Crippen molar-refractivity contribution in [2.24, 2.45) is 5.73 Å². The van der Waals surface area contributed by atoms with Crippen LogP contribution in [0.2, 0.25) is 0 Å². The van der Waals surface area contributed by atoms with Crippen LogP contribution in [0, 0.1) is 0 Å². The van der Waals surface area contributed by atoms with Crippen LogP contribution in [0.25, 0.3) is 0 Å². The standard InChI is InChI=1S/C16H25N3O/c1-18-7-8-19(13(10-17)11-18)16-6-4-12-3-5-14(20-2)9-15(12)16/h3,5,9,13,16H,4,6-8,10-11,17H2,1-2H3. The summed E-state index contributed by atoms with van der Waals surface area (Å²) in [6.07, 6.45) is 2.39. The molecule has 1 aromatic carbocycles. The molecule has 0 amide bonds. The maximum absolute atomic E-state index is 6.01. The zero-order valence-electron chi connectivity index (χ0n) is 12.5. The Morgan fingerprint density at radius 3 is 2.95 bits per heavy atom. The number of methoxy groups -OCH3 is 1. The van der Waals surface area contributed by atoms with Crippen LogP contribution < -0.4 is 10.5 Å². The molecule has 110 valence electrons. The average molecular weight is 275 g/mol. The first kappa shape index (κ1) is 13.9. The number of hydrogen-bond acceptors (Lipinski definition) is 4. The van der Waals surface area contributed by atoms with Gasteiger partial charge in [-0.15, -0.1) is 0 Å². The Bertz CT molecular complexity index is 477. The van der Waals surface area contributed by atoms with Gasteiger partial charge in [-0.3, -0.25) is 4.90 Å². The topological polar surface area (TPSA) is 41.7 Å². The molecule has 3 rings (SSSR count). The molecule has 1 heterocycles. The van der Waals surface area contributed by atoms with E-state index in [1.807, 2.05) is 0 Å². The summed E-state index contributed by atoms with van der Waals surface area (Å²) in [6.45, 7) is 4.05. The quantitative estimate of drug-likeness (QED) is 0.902. The molecule has 0 aromatic heterocycles. The molecule has 4 nitrogen and oxygen atoms in total. The van der Waals surface area contributed by atoms with Gasteiger partial charge in [-0.1, -0.05) is 6.07 Å². The number of rotatable bonds is 3. The third-order valence-electron chi connectivity index (χ3n) is 4.80. The molecule has 1 saturated heterocycles. The third kappa shape index (κ3) is 2.43. The zero-order valence-corrected chi connectivity index (χ0v) is 12.5. The molecule has 20 heavy (non-hydrogen) atoms. The van der Waals surface area contributed by atoms with E-state index < -0.39 is 0 Å². The van der Waals surface area contributed by atoms with Gasteiger partial charge in [-0.25, -0.2) is 0 Å². The summed E-state index contributed by atoms with van der Waals surface area (Å²) in [5, 5.41) is 0. The molecule has 0 saturated carbocycles. The van der Waals surface area contributed by atoms with Gasteiger partial charge in [0.05, 0.1) is 7.11 Å². The second kappa shape index (κ2) is 5.72. The molecule has 2 atom stereocenters. The van der Waals surface area contributed by atoms with Gasteiger partial charge in [-0.05, 0) is 43.1 Å². The van der Waals surface area contributed by atoms with Crippen LogP contribution in [0.3, 0.4) is 0 Å². The van der Waals surface area contributed by atoms with Crippen LogP contribution >= 0.6 is 0 Å². The summed E-state index contributed by atoms with van der Waals surface area (Å²) in [6, 6.07) is 7.50. The number of aryl methyl sites for hydroxylation is 1. The fourth-order valence-corrected chi connectivity index (χ4v) is 3.67. The van der Waals surface area contributed by atoms with Gasteiger partial charge >= 0.3 is 0 Å². The van der Waals surface area contributed by atoms with Crippen molar-refractivity contribution in [2.45, 2.75) is 24.9 Å². The van der Waals surface area contributed by atoms with Gasteiger partial charge < -0.3 is 15.4 Å². The molecule has 1 aliphatic carbocycles. The van der Waals surface area contributed by atoms with E-state index in [-0.39, 0.29) is 0 Å². The smallest absolute Gasteiger partial charge is 0.119 e. The number of fused-ring (bicyclic) bond motifs is 1. The van der Waals surface area contributed by atoms with Crippen LogP contribution in [-0.2, 0) is 6.42 Å². The Morgan fingerprint density at radius 1 is 1.35 bits per heavy atom. The van der Waals surface area contributed by atoms with Crippen LogP contribution in [-0.4, -0.2) is 56.2 Å². The minimum absolute atomic E-state index is 0.468. The number of hydrogen-bond donors (Lipinski definition) is 1. The van der Waals surface area contributed by atoms with E-state index in [2.05, 4.69) is 35.0 Å². The Labute approximate surface area is 121 Å². The zero-order chi connectivity index (χ0) is 14.1. The number of piperazine rings is 1. The van der Waals surface area contributed by atoms with Crippen LogP contribution in [0.1, 0.15) is 23.6 Å². The summed E-state index contributed by atoms with van der Waals surface area (Å²) in [7, 11) is 3.93. The Morgan fingerprint density at radius 2 is 2.20 bits per heavy atom. The van der Waals surface area contributed by atoms with E-state index in [1.54, 1.807) is 7.11 Å². The van der Waals surface area contributed by atoms with Gasteiger partial charge in [-0.2, -0.15) is 0 Å². The van der Waals surface area contributed by atoms with Crippen molar-refractivity contribution in [3.63, 3.8) is 0 Å². The van der Waals surface area contributed by atoms with Gasteiger partial charge in [0.15, 0.2) is 0 Å². The highest BCUT2D eigenvalue weighted by Crippen LogP contribution is 2.39. The van der Waals surface area contributed by atoms with E-state index in [1.165, 1.54) is 24.0 Å². The Balaban J connectivity index is 1.86. The molecule has 2 unspecified atom stereocenters. The lowest BCUT2D eigenvalue weighted by Crippen LogP contribution is -2.55. The molecule has 1 aliphatic heterocycles. The number of ether oxygens (including phenoxy) is 1. The molecule has 2 aliphatic rings. The molecular weight excluding hydrogens is 250 g/mol. The van der Waals surface area contributed by atoms with Gasteiger partial charge in [0.1, 0.15) is 5.75 Å². The molecule has 0 bridgehead atoms. The molecular formula is C16H25N3O. The van der Waals surface area contributed by atoms with E-state index in [4.69, 9.17) is 10.5 Å². The predicted octanol–water partition coefficient (Wildman–Crippen LogP) is 1.26. The summed E-state index contributed by atoms with van der Waals surface area (Å²) in [4.78, 5) is 5.00. The number of benzene rings is 1. The maximum Gasteiger partial charge on any atom is 0.119 e. The molecule has 2 N–H and O–H groups in total. The maximum atomic E-state index is 6.01. The van der Waals surface area contributed by atoms with Crippen molar-refractivity contribution < 1.29 is 4.74 Å². The van der Waals surface area contributed by atoms with E-state index in [0.717, 1.165) is 31.9 Å². The van der Waals surface area contributed by atoms with Crippen LogP contribution in [0.4, 0.5) is 0 Å². The molecule has 1 aromatic rings. The third-order valence-corrected chi connectivity index (χ3v) is 4.80. The fraction of sp³-hybridized carbons (Fsp3) is 0.625. The first-order valence-electron chi connectivity index (χ1n) is 7.54. The lowest BCUT2D eigenvalue weighted by atomic mass is 10.0. The van der Waals surface area contributed by atoms with Crippen molar-refractivity contribution >= 4 is 0 Å². The highest BCUT2D eigenvalue weighted by Gasteiger charge is 2.34. The average Bonchev–Trinajstić information content (AvgIpc) is 2.89. The SMILES string of the molecule is COc1ccc2c(c1)C(N1CCN(C)CC1CN)CC2. The first-order chi connectivity index (χ1) is 9.72. The van der Waals surface area contributed by atoms with Gasteiger partial charge in [0.2, 0.25) is 0 Å². The van der Waals surface area contributed by atoms with Gasteiger partial charge in [0.25, 0.3) is 0 Å². The Kier molecular flexibility index (Phi) is 3.96. The number of nitrogens with two attached hydrogens (primary N) is 1. The monoisotopic (exact) mass is 275 g/mol. The number of nitrogens with zero attached hydrogens (tertiary/aromatic N) is 2. The molecule has 1 fully saturated rings. The fourth-order valence-electron chi connectivity index (χ4n) is 3.67. The molecule has 0 radical (unpaired) electrons. The molecule has 4 heteroatoms. The highest BCUT2D eigenvalue weighted by molar-refractivity contribution is 5.41. The summed E-state index contributed by atoms with van der Waals surface area (Å²) in [5.74, 6) is 0.967. The minimum atomic E-state index is 0.468. The van der Waals surface area contributed by atoms with E-state index in [0.29, 0.717) is 12.1 Å². The van der Waals surface area contributed by atoms with Crippen molar-refractivity contribution in [1.82, 2.24) is 9.80 Å². The lowest BCUT2D eigenvalue weighted by Gasteiger charge is -2.43. The van der Waals surface area contributed by atoms with Crippen LogP contribution in [0.5, 0.6) is 5.75 Å². The minimum Gasteiger partial charge on any atom is -0.497 e.